The molecular formula is C30H44O7. The van der Waals surface area contributed by atoms with Gasteiger partial charge in [-0.05, 0) is 86.4 Å². The predicted molar refractivity (Wildman–Crippen MR) is 137 cm³/mol. The van der Waals surface area contributed by atoms with Crippen LogP contribution < -0.4 is 0 Å². The topological polar surface area (TPSA) is 113 Å². The van der Waals surface area contributed by atoms with Crippen LogP contribution in [0.5, 0.6) is 0 Å². The van der Waals surface area contributed by atoms with E-state index in [9.17, 15) is 24.9 Å². The molecule has 0 bridgehead atoms. The molecule has 4 saturated carbocycles. The quantitative estimate of drug-likeness (QED) is 0.379. The van der Waals surface area contributed by atoms with E-state index in [1.165, 1.54) is 13.2 Å². The third-order valence-electron chi connectivity index (χ3n) is 12.4. The molecule has 4 fully saturated rings. The Labute approximate surface area is 220 Å². The van der Waals surface area contributed by atoms with Crippen molar-refractivity contribution in [1.29, 1.82) is 0 Å². The lowest BCUT2D eigenvalue weighted by Gasteiger charge is -2.75. The lowest BCUT2D eigenvalue weighted by molar-refractivity contribution is -0.321. The number of carbonyl (C=O) groups is 2. The van der Waals surface area contributed by atoms with Crippen molar-refractivity contribution < 1.29 is 34.4 Å². The first kappa shape index (κ1) is 26.9. The van der Waals surface area contributed by atoms with Gasteiger partial charge in [-0.1, -0.05) is 39.0 Å². The van der Waals surface area contributed by atoms with E-state index in [4.69, 9.17) is 9.47 Å². The molecule has 0 aromatic rings. The smallest absolute Gasteiger partial charge is 0.330 e. The van der Waals surface area contributed by atoms with Crippen LogP contribution in [-0.2, 0) is 19.1 Å². The molecular weight excluding hydrogens is 472 g/mol. The van der Waals surface area contributed by atoms with Crippen molar-refractivity contribution in [2.45, 2.75) is 96.9 Å². The van der Waals surface area contributed by atoms with Crippen LogP contribution in [0.4, 0.5) is 0 Å². The monoisotopic (exact) mass is 516 g/mol. The molecule has 0 saturated heterocycles. The van der Waals surface area contributed by atoms with E-state index in [-0.39, 0.29) is 24.9 Å². The van der Waals surface area contributed by atoms with Crippen molar-refractivity contribution in [1.82, 2.24) is 0 Å². The molecule has 4 aliphatic carbocycles. The average Bonchev–Trinajstić information content (AvgIpc) is 3.00. The van der Waals surface area contributed by atoms with Gasteiger partial charge in [-0.2, -0.15) is 0 Å². The van der Waals surface area contributed by atoms with Crippen molar-refractivity contribution in [2.75, 3.05) is 13.7 Å². The first-order chi connectivity index (χ1) is 17.2. The van der Waals surface area contributed by atoms with Gasteiger partial charge in [0.15, 0.2) is 0 Å². The van der Waals surface area contributed by atoms with E-state index in [0.29, 0.717) is 25.7 Å². The fourth-order valence-corrected chi connectivity index (χ4v) is 10.5. The van der Waals surface area contributed by atoms with Crippen LogP contribution >= 0.6 is 0 Å². The number of methoxy groups -OCH3 is 1. The normalized spacial score (nSPS) is 51.9. The van der Waals surface area contributed by atoms with Crippen molar-refractivity contribution in [3.63, 3.8) is 0 Å². The summed E-state index contributed by atoms with van der Waals surface area (Å²) >= 11 is 0. The molecule has 5 aliphatic rings. The first-order valence-electron chi connectivity index (χ1n) is 13.9. The standard InChI is InChI=1S/C30H44O7/c1-18-9-10-25(3)11-13-27(5)23-20(32)16-28(19(2)31)17-37-22(33)8-7-21(28)26(23,4)12-14-29(27,24(34)36-6)30(25,35)15-18/h7-8,19-21,23,31-32,35H,1,9-17H2,2-6H3/t19-,20-,21+,23+,25-,26+,27-,28+,29+,30+/m1/s1. The molecule has 0 amide bonds. The van der Waals surface area contributed by atoms with Gasteiger partial charge in [0.05, 0.1) is 24.9 Å². The maximum Gasteiger partial charge on any atom is 0.330 e. The number of allylic oxidation sites excluding steroid dienone is 1. The molecule has 1 heterocycles. The number of hydrogen-bond donors (Lipinski definition) is 3. The fourth-order valence-electron chi connectivity index (χ4n) is 10.5. The van der Waals surface area contributed by atoms with Crippen LogP contribution in [0.15, 0.2) is 24.3 Å². The minimum Gasteiger partial charge on any atom is -0.468 e. The maximum atomic E-state index is 14.1. The Hall–Kier alpha value is -1.70. The van der Waals surface area contributed by atoms with E-state index < -0.39 is 56.8 Å². The molecule has 206 valence electrons. The summed E-state index contributed by atoms with van der Waals surface area (Å²) in [4.78, 5) is 26.4. The Morgan fingerprint density at radius 3 is 2.54 bits per heavy atom. The largest absolute Gasteiger partial charge is 0.468 e. The van der Waals surface area contributed by atoms with Crippen LogP contribution in [-0.4, -0.2) is 58.8 Å². The number of carbonyl (C=O) groups excluding carboxylic acids is 2. The molecule has 1 aliphatic heterocycles. The van der Waals surface area contributed by atoms with E-state index in [1.54, 1.807) is 6.92 Å². The van der Waals surface area contributed by atoms with Gasteiger partial charge in [0.2, 0.25) is 0 Å². The number of fused-ring (bicyclic) bond motifs is 7. The molecule has 10 atom stereocenters. The summed E-state index contributed by atoms with van der Waals surface area (Å²) in [5, 5.41) is 35.9. The third kappa shape index (κ3) is 3.05. The van der Waals surface area contributed by atoms with Crippen LogP contribution in [0.2, 0.25) is 0 Å². The summed E-state index contributed by atoms with van der Waals surface area (Å²) < 4.78 is 11.0. The van der Waals surface area contributed by atoms with Gasteiger partial charge >= 0.3 is 11.9 Å². The van der Waals surface area contributed by atoms with Crippen molar-refractivity contribution >= 4 is 11.9 Å². The Morgan fingerprint density at radius 2 is 1.89 bits per heavy atom. The van der Waals surface area contributed by atoms with Crippen LogP contribution in [0, 0.1) is 38.9 Å². The number of hydrogen-bond acceptors (Lipinski definition) is 7. The fraction of sp³-hybridized carbons (Fsp3) is 0.800. The van der Waals surface area contributed by atoms with Crippen molar-refractivity contribution in [3.8, 4) is 0 Å². The highest BCUT2D eigenvalue weighted by molar-refractivity contribution is 5.82. The highest BCUT2D eigenvalue weighted by Gasteiger charge is 2.80. The number of rotatable bonds is 2. The lowest BCUT2D eigenvalue weighted by atomic mass is 9.29. The second-order valence-corrected chi connectivity index (χ2v) is 13.8. The molecule has 7 nitrogen and oxygen atoms in total. The molecule has 3 N–H and O–H groups in total. The predicted octanol–water partition coefficient (Wildman–Crippen LogP) is 3.70. The molecule has 0 unspecified atom stereocenters. The van der Waals surface area contributed by atoms with Gasteiger partial charge in [0, 0.05) is 11.5 Å². The molecule has 0 aromatic carbocycles. The second kappa shape index (κ2) is 8.15. The summed E-state index contributed by atoms with van der Waals surface area (Å²) in [6.45, 7) is 12.3. The SMILES string of the molecule is C=C1CC[C@]2(C)CC[C@]3(C)[C@H]4[C@H](O)C[C@@]5([C@@H](C)O)COC(=O)C=C[C@H]5[C@]4(C)CC[C@@]3(C(=O)OC)[C@]2(O)C1. The summed E-state index contributed by atoms with van der Waals surface area (Å²) in [7, 11) is 1.39. The maximum absolute atomic E-state index is 14.1. The zero-order valence-electron chi connectivity index (χ0n) is 23.0. The zero-order chi connectivity index (χ0) is 27.2. The van der Waals surface area contributed by atoms with Gasteiger partial charge in [-0.3, -0.25) is 4.79 Å². The molecule has 7 heteroatoms. The number of ether oxygens (including phenoxy) is 2. The van der Waals surface area contributed by atoms with E-state index >= 15 is 0 Å². The summed E-state index contributed by atoms with van der Waals surface area (Å²) in [5.74, 6) is -1.48. The van der Waals surface area contributed by atoms with Gasteiger partial charge in [0.25, 0.3) is 0 Å². The molecule has 0 radical (unpaired) electrons. The number of aliphatic hydroxyl groups is 3. The van der Waals surface area contributed by atoms with E-state index in [1.807, 2.05) is 6.08 Å². The van der Waals surface area contributed by atoms with Crippen LogP contribution in [0.3, 0.4) is 0 Å². The summed E-state index contributed by atoms with van der Waals surface area (Å²) in [6, 6.07) is 0. The molecule has 5 rings (SSSR count). The number of aliphatic hydroxyl groups excluding tert-OH is 2. The highest BCUT2D eigenvalue weighted by Crippen LogP contribution is 2.78. The third-order valence-corrected chi connectivity index (χ3v) is 12.4. The van der Waals surface area contributed by atoms with Gasteiger partial charge < -0.3 is 24.8 Å². The Balaban J connectivity index is 1.73. The average molecular weight is 517 g/mol. The van der Waals surface area contributed by atoms with Crippen LogP contribution in [0.25, 0.3) is 0 Å². The first-order valence-corrected chi connectivity index (χ1v) is 13.9. The lowest BCUT2D eigenvalue weighted by Crippen LogP contribution is -2.78. The minimum atomic E-state index is -1.35. The Bertz CT molecular complexity index is 1050. The Kier molecular flexibility index (Phi) is 5.93. The summed E-state index contributed by atoms with van der Waals surface area (Å²) in [6.07, 6.45) is 6.14. The number of esters is 2. The van der Waals surface area contributed by atoms with Crippen LogP contribution in [0.1, 0.15) is 79.1 Å². The van der Waals surface area contributed by atoms with Crippen molar-refractivity contribution in [3.05, 3.63) is 24.3 Å². The Morgan fingerprint density at radius 1 is 1.19 bits per heavy atom. The molecule has 0 spiro atoms. The van der Waals surface area contributed by atoms with Crippen molar-refractivity contribution in [2.24, 2.45) is 38.9 Å². The zero-order valence-corrected chi connectivity index (χ0v) is 23.0. The summed E-state index contributed by atoms with van der Waals surface area (Å²) in [5.41, 5.74) is -4.28. The molecule has 0 aromatic heterocycles. The van der Waals surface area contributed by atoms with E-state index in [2.05, 4.69) is 27.4 Å². The van der Waals surface area contributed by atoms with Gasteiger partial charge in [-0.25, -0.2) is 4.79 Å². The van der Waals surface area contributed by atoms with Gasteiger partial charge in [-0.15, -0.1) is 0 Å². The second-order valence-electron chi connectivity index (χ2n) is 13.8. The van der Waals surface area contributed by atoms with Gasteiger partial charge in [0.1, 0.15) is 12.0 Å². The minimum absolute atomic E-state index is 0.0290. The van der Waals surface area contributed by atoms with E-state index in [0.717, 1.165) is 24.8 Å². The molecule has 37 heavy (non-hydrogen) atoms. The highest BCUT2D eigenvalue weighted by atomic mass is 16.5. The number of cyclic esters (lactones) is 1.